The van der Waals surface area contributed by atoms with E-state index in [0.717, 1.165) is 36.4 Å². The molecule has 6 heterocycles. The van der Waals surface area contributed by atoms with Gasteiger partial charge >= 0.3 is 0 Å². The zero-order chi connectivity index (χ0) is 17.0. The van der Waals surface area contributed by atoms with Crippen LogP contribution in [0.5, 0.6) is 0 Å². The number of hydrogen-bond acceptors (Lipinski definition) is 6. The number of hydrogen-bond donors (Lipinski definition) is 1. The molecule has 3 aliphatic rings. The van der Waals surface area contributed by atoms with E-state index in [2.05, 4.69) is 29.8 Å². The molecule has 0 radical (unpaired) electrons. The molecule has 7 nitrogen and oxygen atoms in total. The molecule has 3 saturated heterocycles. The summed E-state index contributed by atoms with van der Waals surface area (Å²) in [5, 5.41) is 0. The largest absolute Gasteiger partial charge is 0.357 e. The predicted molar refractivity (Wildman–Crippen MR) is 92.1 cm³/mol. The van der Waals surface area contributed by atoms with E-state index in [1.54, 1.807) is 6.33 Å². The smallest absolute Gasteiger partial charge is 0.187 e. The van der Waals surface area contributed by atoms with Crippen LogP contribution in [0.1, 0.15) is 19.0 Å². The van der Waals surface area contributed by atoms with E-state index in [1.165, 1.54) is 6.33 Å². The van der Waals surface area contributed by atoms with Gasteiger partial charge in [0, 0.05) is 19.3 Å². The molecule has 128 valence electrons. The maximum absolute atomic E-state index is 14.6. The SMILES string of the molecule is CCc1ncnc(N2CC3CC(C2)N3c2ncnc3cc[nH]c23)c1F. The van der Waals surface area contributed by atoms with E-state index >= 15 is 0 Å². The average molecular weight is 339 g/mol. The van der Waals surface area contributed by atoms with Crippen molar-refractivity contribution < 1.29 is 4.39 Å². The van der Waals surface area contributed by atoms with Gasteiger partial charge in [0.1, 0.15) is 18.2 Å². The number of piperazine rings is 1. The van der Waals surface area contributed by atoms with Crippen LogP contribution >= 0.6 is 0 Å². The van der Waals surface area contributed by atoms with Crippen molar-refractivity contribution in [1.29, 1.82) is 0 Å². The summed E-state index contributed by atoms with van der Waals surface area (Å²) >= 11 is 0. The molecule has 3 aromatic rings. The van der Waals surface area contributed by atoms with Crippen molar-refractivity contribution in [2.45, 2.75) is 31.8 Å². The molecule has 25 heavy (non-hydrogen) atoms. The van der Waals surface area contributed by atoms with Crippen molar-refractivity contribution in [2.75, 3.05) is 22.9 Å². The number of nitrogens with zero attached hydrogens (tertiary/aromatic N) is 6. The van der Waals surface area contributed by atoms with Gasteiger partial charge in [0.25, 0.3) is 0 Å². The molecule has 2 unspecified atom stereocenters. The van der Waals surface area contributed by atoms with E-state index in [9.17, 15) is 4.39 Å². The van der Waals surface area contributed by atoms with Crippen LogP contribution in [0.3, 0.4) is 0 Å². The normalized spacial score (nSPS) is 22.3. The van der Waals surface area contributed by atoms with Gasteiger partial charge in [-0.3, -0.25) is 0 Å². The second-order valence-electron chi connectivity index (χ2n) is 6.60. The Hall–Kier alpha value is -2.77. The molecule has 3 fully saturated rings. The summed E-state index contributed by atoms with van der Waals surface area (Å²) < 4.78 is 14.6. The molecule has 0 saturated carbocycles. The lowest BCUT2D eigenvalue weighted by molar-refractivity contribution is 0.287. The van der Waals surface area contributed by atoms with E-state index in [0.29, 0.717) is 30.0 Å². The van der Waals surface area contributed by atoms with Gasteiger partial charge < -0.3 is 14.8 Å². The van der Waals surface area contributed by atoms with Crippen molar-refractivity contribution in [1.82, 2.24) is 24.9 Å². The topological polar surface area (TPSA) is 73.8 Å². The summed E-state index contributed by atoms with van der Waals surface area (Å²) in [4.78, 5) is 24.6. The number of aromatic amines is 1. The monoisotopic (exact) mass is 339 g/mol. The summed E-state index contributed by atoms with van der Waals surface area (Å²) in [5.74, 6) is 1.08. The number of aromatic nitrogens is 5. The third-order valence-electron chi connectivity index (χ3n) is 5.24. The quantitative estimate of drug-likeness (QED) is 0.786. The fraction of sp³-hybridized carbons (Fsp3) is 0.412. The zero-order valence-corrected chi connectivity index (χ0v) is 13.9. The van der Waals surface area contributed by atoms with Crippen LogP contribution in [0.2, 0.25) is 0 Å². The molecular formula is C17H18FN7. The molecule has 1 N–H and O–H groups in total. The molecule has 0 aliphatic carbocycles. The number of halogens is 1. The third kappa shape index (κ3) is 2.09. The number of piperidine rings is 1. The van der Waals surface area contributed by atoms with E-state index in [-0.39, 0.29) is 5.82 Å². The first kappa shape index (κ1) is 14.6. The Kier molecular flexibility index (Phi) is 3.13. The molecule has 0 amide bonds. The summed E-state index contributed by atoms with van der Waals surface area (Å²) in [6.45, 7) is 3.38. The number of anilines is 2. The van der Waals surface area contributed by atoms with Gasteiger partial charge in [-0.2, -0.15) is 0 Å². The van der Waals surface area contributed by atoms with E-state index < -0.39 is 0 Å². The van der Waals surface area contributed by atoms with Gasteiger partial charge in [-0.05, 0) is 18.9 Å². The summed E-state index contributed by atoms with van der Waals surface area (Å²) in [6.07, 6.45) is 6.61. The van der Waals surface area contributed by atoms with Crippen molar-refractivity contribution in [3.63, 3.8) is 0 Å². The summed E-state index contributed by atoms with van der Waals surface area (Å²) in [7, 11) is 0. The zero-order valence-electron chi connectivity index (χ0n) is 13.9. The van der Waals surface area contributed by atoms with Gasteiger partial charge in [-0.1, -0.05) is 6.92 Å². The van der Waals surface area contributed by atoms with Gasteiger partial charge in [0.15, 0.2) is 17.5 Å². The third-order valence-corrected chi connectivity index (χ3v) is 5.24. The Morgan fingerprint density at radius 2 is 1.88 bits per heavy atom. The standard InChI is InChI=1S/C17H18FN7/c1-2-12-14(18)16(22-8-20-12)24-6-10-5-11(7-24)25(10)17-15-13(3-4-19-15)21-9-23-17/h3-4,8-11,19H,2,5-7H2,1H3. The molecule has 3 aliphatic heterocycles. The van der Waals surface area contributed by atoms with Gasteiger partial charge in [-0.25, -0.2) is 24.3 Å². The second-order valence-corrected chi connectivity index (χ2v) is 6.60. The number of aryl methyl sites for hydroxylation is 1. The first-order valence-corrected chi connectivity index (χ1v) is 8.57. The minimum absolute atomic E-state index is 0.286. The molecule has 6 rings (SSSR count). The van der Waals surface area contributed by atoms with Gasteiger partial charge in [-0.15, -0.1) is 0 Å². The number of rotatable bonds is 3. The molecule has 0 spiro atoms. The van der Waals surface area contributed by atoms with Crippen LogP contribution in [0, 0.1) is 5.82 Å². The highest BCUT2D eigenvalue weighted by molar-refractivity contribution is 5.86. The van der Waals surface area contributed by atoms with E-state index in [4.69, 9.17) is 0 Å². The Balaban J connectivity index is 1.44. The Bertz CT molecular complexity index is 928. The highest BCUT2D eigenvalue weighted by atomic mass is 19.1. The molecule has 2 bridgehead atoms. The second kappa shape index (κ2) is 5.37. The predicted octanol–water partition coefficient (Wildman–Crippen LogP) is 1.92. The fourth-order valence-electron chi connectivity index (χ4n) is 4.05. The van der Waals surface area contributed by atoms with Crippen LogP contribution in [-0.4, -0.2) is 50.1 Å². The maximum atomic E-state index is 14.6. The molecule has 3 aromatic heterocycles. The molecule has 8 heteroatoms. The Morgan fingerprint density at radius 1 is 1.12 bits per heavy atom. The van der Waals surface area contributed by atoms with Crippen molar-refractivity contribution >= 4 is 22.7 Å². The van der Waals surface area contributed by atoms with Crippen molar-refractivity contribution in [2.24, 2.45) is 0 Å². The highest BCUT2D eigenvalue weighted by Crippen LogP contribution is 2.39. The van der Waals surface area contributed by atoms with Gasteiger partial charge in [0.05, 0.1) is 23.3 Å². The molecule has 2 atom stereocenters. The lowest BCUT2D eigenvalue weighted by atomic mass is 9.87. The number of H-pyrrole nitrogens is 1. The lowest BCUT2D eigenvalue weighted by Crippen LogP contribution is -2.69. The van der Waals surface area contributed by atoms with Crippen molar-refractivity contribution in [3.05, 3.63) is 36.4 Å². The molecule has 0 aromatic carbocycles. The lowest BCUT2D eigenvalue weighted by Gasteiger charge is -2.57. The molecular weight excluding hydrogens is 321 g/mol. The van der Waals surface area contributed by atoms with Crippen molar-refractivity contribution in [3.8, 4) is 0 Å². The average Bonchev–Trinajstić information content (AvgIpc) is 3.11. The van der Waals surface area contributed by atoms with E-state index in [1.807, 2.05) is 24.1 Å². The van der Waals surface area contributed by atoms with Crippen LogP contribution in [0.4, 0.5) is 16.0 Å². The van der Waals surface area contributed by atoms with Crippen LogP contribution in [-0.2, 0) is 6.42 Å². The van der Waals surface area contributed by atoms with Crippen LogP contribution < -0.4 is 9.80 Å². The summed E-state index contributed by atoms with van der Waals surface area (Å²) in [6, 6.07) is 2.56. The van der Waals surface area contributed by atoms with Crippen LogP contribution in [0.15, 0.2) is 24.9 Å². The summed E-state index contributed by atoms with van der Waals surface area (Å²) in [5.41, 5.74) is 2.36. The highest BCUT2D eigenvalue weighted by Gasteiger charge is 2.46. The Labute approximate surface area is 143 Å². The number of nitrogens with one attached hydrogen (secondary N) is 1. The Morgan fingerprint density at radius 3 is 2.68 bits per heavy atom. The fourth-order valence-corrected chi connectivity index (χ4v) is 4.05. The minimum Gasteiger partial charge on any atom is -0.357 e. The first-order chi connectivity index (χ1) is 12.3. The first-order valence-electron chi connectivity index (χ1n) is 8.57. The van der Waals surface area contributed by atoms with Gasteiger partial charge in [0.2, 0.25) is 0 Å². The minimum atomic E-state index is -0.286. The maximum Gasteiger partial charge on any atom is 0.187 e. The van der Waals surface area contributed by atoms with Crippen LogP contribution in [0.25, 0.3) is 11.0 Å². The number of fused-ring (bicyclic) bond motifs is 3.